The second-order valence-electron chi connectivity index (χ2n) is 5.93. The number of aliphatic carboxylic acids is 2. The van der Waals surface area contributed by atoms with Gasteiger partial charge in [-0.05, 0) is 31.7 Å². The molecule has 154 valence electrons. The molecule has 1 atom stereocenters. The SMILES string of the molecule is O=C(O)CC[C@H](NC(=O)NCCCCCNC(=O)c1cncc([18F])c1)C(=O)O. The zero-order valence-electron chi connectivity index (χ0n) is 15.1. The summed E-state index contributed by atoms with van der Waals surface area (Å²) in [6, 6.07) is -0.876. The van der Waals surface area contributed by atoms with Crippen LogP contribution in [0.5, 0.6) is 0 Å². The Morgan fingerprint density at radius 3 is 2.32 bits per heavy atom. The first-order valence-corrected chi connectivity index (χ1v) is 8.67. The van der Waals surface area contributed by atoms with Crippen molar-refractivity contribution in [2.24, 2.45) is 0 Å². The summed E-state index contributed by atoms with van der Waals surface area (Å²) in [5.74, 6) is -3.47. The van der Waals surface area contributed by atoms with Crippen molar-refractivity contribution in [3.63, 3.8) is 0 Å². The van der Waals surface area contributed by atoms with E-state index in [4.69, 9.17) is 10.2 Å². The third kappa shape index (κ3) is 9.46. The van der Waals surface area contributed by atoms with Gasteiger partial charge in [0.1, 0.15) is 11.9 Å². The minimum absolute atomic E-state index is 0.134. The Hall–Kier alpha value is -3.24. The Bertz CT molecular complexity index is 700. The van der Waals surface area contributed by atoms with Gasteiger partial charge in [0.2, 0.25) is 0 Å². The molecule has 5 N–H and O–H groups in total. The number of carboxylic acid groups (broad SMARTS) is 2. The smallest absolute Gasteiger partial charge is 0.326 e. The first-order valence-electron chi connectivity index (χ1n) is 8.67. The number of nitrogens with one attached hydrogen (secondary N) is 3. The van der Waals surface area contributed by atoms with Gasteiger partial charge in [0.25, 0.3) is 5.91 Å². The normalized spacial score (nSPS) is 11.3. The standard InChI is InChI=1S/C17H23FN4O6/c18-12-8-11(9-19-10-12)15(25)20-6-2-1-3-7-21-17(28)22-13(16(26)27)4-5-14(23)24/h8-10,13H,1-7H2,(H,20,25)(H,23,24)(H,26,27)(H2,21,22,28)/t13-/m0/s1/i18-1. The van der Waals surface area contributed by atoms with Crippen LogP contribution in [0, 0.1) is 5.82 Å². The fourth-order valence-corrected chi connectivity index (χ4v) is 2.20. The zero-order valence-corrected chi connectivity index (χ0v) is 15.1. The number of amides is 3. The monoisotopic (exact) mass is 397 g/mol. The molecule has 11 heteroatoms. The lowest BCUT2D eigenvalue weighted by Crippen LogP contribution is -2.46. The molecule has 10 nitrogen and oxygen atoms in total. The Kier molecular flexibility index (Phi) is 9.94. The van der Waals surface area contributed by atoms with Gasteiger partial charge >= 0.3 is 18.0 Å². The second-order valence-corrected chi connectivity index (χ2v) is 5.93. The number of hydrogen-bond donors (Lipinski definition) is 5. The van der Waals surface area contributed by atoms with Crippen LogP contribution >= 0.6 is 0 Å². The molecule has 0 aliphatic heterocycles. The third-order valence-electron chi connectivity index (χ3n) is 3.64. The van der Waals surface area contributed by atoms with E-state index in [1.807, 2.05) is 0 Å². The van der Waals surface area contributed by atoms with Gasteiger partial charge < -0.3 is 26.2 Å². The molecule has 0 radical (unpaired) electrons. The minimum Gasteiger partial charge on any atom is -0.481 e. The number of pyridine rings is 1. The highest BCUT2D eigenvalue weighted by molar-refractivity contribution is 5.93. The molecule has 1 aromatic heterocycles. The van der Waals surface area contributed by atoms with Crippen LogP contribution in [-0.4, -0.2) is 58.2 Å². The van der Waals surface area contributed by atoms with Crippen molar-refractivity contribution >= 4 is 23.9 Å². The number of carbonyl (C=O) groups is 4. The van der Waals surface area contributed by atoms with Gasteiger partial charge in [-0.25, -0.2) is 14.0 Å². The lowest BCUT2D eigenvalue weighted by molar-refractivity contribution is -0.140. The third-order valence-corrected chi connectivity index (χ3v) is 3.64. The number of urea groups is 1. The number of nitrogens with zero attached hydrogens (tertiary/aromatic N) is 1. The van der Waals surface area contributed by atoms with E-state index in [0.29, 0.717) is 32.4 Å². The molecule has 0 spiro atoms. The molecule has 0 fully saturated rings. The van der Waals surface area contributed by atoms with Gasteiger partial charge in [-0.3, -0.25) is 14.6 Å². The van der Waals surface area contributed by atoms with Crippen LogP contribution in [0.3, 0.4) is 0 Å². The topological polar surface area (TPSA) is 158 Å². The summed E-state index contributed by atoms with van der Waals surface area (Å²) >= 11 is 0. The summed E-state index contributed by atoms with van der Waals surface area (Å²) in [5, 5.41) is 24.8. The Morgan fingerprint density at radius 2 is 1.71 bits per heavy atom. The largest absolute Gasteiger partial charge is 0.481 e. The maximum Gasteiger partial charge on any atom is 0.326 e. The van der Waals surface area contributed by atoms with Gasteiger partial charge in [0, 0.05) is 25.7 Å². The number of aromatic nitrogens is 1. The van der Waals surface area contributed by atoms with E-state index in [0.717, 1.165) is 12.3 Å². The highest BCUT2D eigenvalue weighted by Crippen LogP contribution is 2.01. The molecule has 28 heavy (non-hydrogen) atoms. The van der Waals surface area contributed by atoms with Gasteiger partial charge in [-0.2, -0.15) is 0 Å². The van der Waals surface area contributed by atoms with Crippen LogP contribution in [0.1, 0.15) is 42.5 Å². The molecule has 0 aliphatic carbocycles. The van der Waals surface area contributed by atoms with Crippen molar-refractivity contribution in [2.75, 3.05) is 13.1 Å². The molecule has 0 unspecified atom stereocenters. The number of unbranched alkanes of at least 4 members (excludes halogenated alkanes) is 2. The summed E-state index contributed by atoms with van der Waals surface area (Å²) < 4.78 is 13.0. The van der Waals surface area contributed by atoms with Crippen LogP contribution in [0.15, 0.2) is 18.5 Å². The molecular formula is C17H23FN4O6. The highest BCUT2D eigenvalue weighted by Gasteiger charge is 2.20. The van der Waals surface area contributed by atoms with Crippen molar-refractivity contribution in [3.05, 3.63) is 29.8 Å². The molecule has 0 bridgehead atoms. The van der Waals surface area contributed by atoms with Crippen molar-refractivity contribution in [2.45, 2.75) is 38.1 Å². The van der Waals surface area contributed by atoms with E-state index >= 15 is 0 Å². The first-order chi connectivity index (χ1) is 13.3. The summed E-state index contributed by atoms with van der Waals surface area (Å²) in [5.41, 5.74) is 0.134. The lowest BCUT2D eigenvalue weighted by atomic mass is 10.1. The average Bonchev–Trinajstić information content (AvgIpc) is 2.63. The Balaban J connectivity index is 2.14. The van der Waals surface area contributed by atoms with Crippen molar-refractivity contribution < 1.29 is 33.8 Å². The van der Waals surface area contributed by atoms with E-state index in [-0.39, 0.29) is 18.4 Å². The van der Waals surface area contributed by atoms with Gasteiger partial charge in [-0.15, -0.1) is 0 Å². The second kappa shape index (κ2) is 12.2. The molecule has 0 saturated heterocycles. The van der Waals surface area contributed by atoms with E-state index in [9.17, 15) is 23.6 Å². The van der Waals surface area contributed by atoms with Crippen LogP contribution < -0.4 is 16.0 Å². The number of carboxylic acids is 2. The van der Waals surface area contributed by atoms with Crippen LogP contribution in [0.25, 0.3) is 0 Å². The number of carbonyl (C=O) groups excluding carboxylic acids is 2. The molecular weight excluding hydrogens is 374 g/mol. The maximum atomic E-state index is 13.0. The fraction of sp³-hybridized carbons (Fsp3) is 0.471. The lowest BCUT2D eigenvalue weighted by Gasteiger charge is -2.14. The summed E-state index contributed by atoms with van der Waals surface area (Å²) in [4.78, 5) is 48.5. The minimum atomic E-state index is -1.30. The molecule has 3 amide bonds. The summed E-state index contributed by atoms with van der Waals surface area (Å²) in [7, 11) is 0. The van der Waals surface area contributed by atoms with E-state index < -0.39 is 35.7 Å². The molecule has 0 aliphatic rings. The summed E-state index contributed by atoms with van der Waals surface area (Å²) in [6.07, 6.45) is 3.61. The predicted molar refractivity (Wildman–Crippen MR) is 95.2 cm³/mol. The van der Waals surface area contributed by atoms with Crippen LogP contribution in [-0.2, 0) is 9.59 Å². The van der Waals surface area contributed by atoms with E-state index in [1.54, 1.807) is 0 Å². The zero-order chi connectivity index (χ0) is 20.9. The number of hydrogen-bond acceptors (Lipinski definition) is 5. The molecule has 1 heterocycles. The number of rotatable bonds is 12. The van der Waals surface area contributed by atoms with Gasteiger partial charge in [0.05, 0.1) is 11.8 Å². The summed E-state index contributed by atoms with van der Waals surface area (Å²) in [6.45, 7) is 0.663. The van der Waals surface area contributed by atoms with Crippen molar-refractivity contribution in [1.82, 2.24) is 20.9 Å². The van der Waals surface area contributed by atoms with E-state index in [1.165, 1.54) is 6.20 Å². The number of halogens is 1. The van der Waals surface area contributed by atoms with Gasteiger partial charge in [-0.1, -0.05) is 0 Å². The van der Waals surface area contributed by atoms with Crippen LogP contribution in [0.2, 0.25) is 0 Å². The highest BCUT2D eigenvalue weighted by atomic mass is 18.2. The molecule has 0 saturated carbocycles. The van der Waals surface area contributed by atoms with Crippen molar-refractivity contribution in [3.8, 4) is 0 Å². The first kappa shape index (κ1) is 22.8. The molecule has 1 aromatic rings. The van der Waals surface area contributed by atoms with Crippen molar-refractivity contribution in [1.29, 1.82) is 0 Å². The average molecular weight is 397 g/mol. The van der Waals surface area contributed by atoms with E-state index in [2.05, 4.69) is 20.9 Å². The quantitative estimate of drug-likeness (QED) is 0.325. The molecule has 1 rings (SSSR count). The Morgan fingerprint density at radius 1 is 1.04 bits per heavy atom. The van der Waals surface area contributed by atoms with Gasteiger partial charge in [0.15, 0.2) is 0 Å². The fourth-order valence-electron chi connectivity index (χ4n) is 2.20. The van der Waals surface area contributed by atoms with Crippen LogP contribution in [0.4, 0.5) is 9.18 Å². The predicted octanol–water partition coefficient (Wildman–Crippen LogP) is 0.738. The maximum absolute atomic E-state index is 13.0. The molecule has 0 aromatic carbocycles. The Labute approximate surface area is 160 Å².